The molecule has 1 heterocycles. The molecule has 1 atom stereocenters. The van der Waals surface area contributed by atoms with E-state index in [0.29, 0.717) is 57.7 Å². The van der Waals surface area contributed by atoms with Crippen molar-refractivity contribution in [3.05, 3.63) is 72.4 Å². The van der Waals surface area contributed by atoms with Crippen molar-refractivity contribution in [3.63, 3.8) is 0 Å². The lowest BCUT2D eigenvalue weighted by Crippen LogP contribution is -2.35. The van der Waals surface area contributed by atoms with Gasteiger partial charge < -0.3 is 25.2 Å². The number of hydrogen-bond acceptors (Lipinski definition) is 6. The van der Waals surface area contributed by atoms with Gasteiger partial charge in [-0.3, -0.25) is 14.6 Å². The number of hydrogen-bond donors (Lipinski definition) is 3. The molecule has 0 bridgehead atoms. The van der Waals surface area contributed by atoms with E-state index in [4.69, 9.17) is 9.47 Å². The molecule has 1 unspecified atom stereocenters. The van der Waals surface area contributed by atoms with Crippen molar-refractivity contribution in [3.8, 4) is 23.0 Å². The fourth-order valence-corrected chi connectivity index (χ4v) is 4.38. The average molecular weight is 516 g/mol. The van der Waals surface area contributed by atoms with Gasteiger partial charge in [0.1, 0.15) is 16.9 Å². The van der Waals surface area contributed by atoms with Crippen molar-refractivity contribution in [2.24, 2.45) is 5.41 Å². The summed E-state index contributed by atoms with van der Waals surface area (Å²) in [6.45, 7) is 1.97. The van der Waals surface area contributed by atoms with E-state index in [1.54, 1.807) is 42.6 Å². The van der Waals surface area contributed by atoms with Crippen molar-refractivity contribution in [1.29, 1.82) is 0 Å². The molecule has 4 aromatic rings. The number of nitrogens with one attached hydrogen (secondary N) is 2. The molecule has 5 rings (SSSR count). The molecule has 1 fully saturated rings. The maximum Gasteiger partial charge on any atom is 0.240 e. The highest BCUT2D eigenvalue weighted by atomic mass is 31.0. The Bertz CT molecular complexity index is 1520. The zero-order chi connectivity index (χ0) is 26.2. The molecule has 1 aromatic heterocycles. The third-order valence-corrected chi connectivity index (χ3v) is 6.87. The van der Waals surface area contributed by atoms with Gasteiger partial charge in [0.2, 0.25) is 11.8 Å². The Hall–Kier alpha value is -4.16. The number of phenols is 1. The van der Waals surface area contributed by atoms with Gasteiger partial charge in [-0.1, -0.05) is 17.7 Å². The molecule has 1 saturated carbocycles. The maximum absolute atomic E-state index is 13.0. The number of pyridine rings is 1. The molecule has 0 aliphatic heterocycles. The first-order chi connectivity index (χ1) is 17.8. The summed E-state index contributed by atoms with van der Waals surface area (Å²) in [5.41, 5.74) is 1.85. The number of anilines is 2. The summed E-state index contributed by atoms with van der Waals surface area (Å²) in [5.74, 6) is 0.726. The topological polar surface area (TPSA) is 110 Å². The number of amides is 2. The van der Waals surface area contributed by atoms with E-state index in [-0.39, 0.29) is 17.6 Å². The molecule has 9 heteroatoms. The normalized spacial score (nSPS) is 13.6. The fourth-order valence-electron chi connectivity index (χ4n) is 4.05. The van der Waals surface area contributed by atoms with Gasteiger partial charge in [-0.25, -0.2) is 0 Å². The minimum atomic E-state index is -1.07. The number of aromatic hydroxyl groups is 1. The van der Waals surface area contributed by atoms with E-state index in [1.165, 1.54) is 7.11 Å². The van der Waals surface area contributed by atoms with Crippen LogP contribution in [-0.4, -0.2) is 29.0 Å². The molecule has 3 aromatic carbocycles. The van der Waals surface area contributed by atoms with Crippen LogP contribution in [0.1, 0.15) is 18.4 Å². The Morgan fingerprint density at radius 1 is 0.919 bits per heavy atom. The van der Waals surface area contributed by atoms with Crippen molar-refractivity contribution in [1.82, 2.24) is 4.98 Å². The monoisotopic (exact) mass is 515 g/mol. The van der Waals surface area contributed by atoms with Gasteiger partial charge in [0, 0.05) is 34.3 Å². The number of nitrogens with zero attached hydrogens (tertiary/aromatic N) is 1. The summed E-state index contributed by atoms with van der Waals surface area (Å²) in [6, 6.07) is 17.6. The second kappa shape index (κ2) is 9.71. The lowest BCUT2D eigenvalue weighted by molar-refractivity contribution is -0.131. The summed E-state index contributed by atoms with van der Waals surface area (Å²) in [7, 11) is 4.07. The number of benzene rings is 3. The number of methoxy groups -OCH3 is 1. The highest BCUT2D eigenvalue weighted by molar-refractivity contribution is 7.27. The van der Waals surface area contributed by atoms with E-state index >= 15 is 0 Å². The van der Waals surface area contributed by atoms with Crippen molar-refractivity contribution >= 4 is 48.6 Å². The molecule has 37 heavy (non-hydrogen) atoms. The van der Waals surface area contributed by atoms with Crippen LogP contribution < -0.4 is 25.4 Å². The number of aromatic nitrogens is 1. The van der Waals surface area contributed by atoms with Crippen LogP contribution in [0.2, 0.25) is 0 Å². The Morgan fingerprint density at radius 3 is 2.24 bits per heavy atom. The van der Waals surface area contributed by atoms with Crippen LogP contribution in [0.4, 0.5) is 11.4 Å². The van der Waals surface area contributed by atoms with Crippen molar-refractivity contribution in [2.45, 2.75) is 19.8 Å². The SMILES string of the molecule is COc1cc2nccc(Oc3ccc(NC(=O)C4(C(=O)Nc5ccc(C)cc5)CC4)cc3P)c2cc1O. The standard InChI is InChI=1S/C28H26N3O5P/c1-16-3-5-17(6-4-16)30-26(33)28(10-11-28)27(34)31-18-7-8-23(25(37)13-18)36-22-9-12-29-20-15-24(35-2)21(32)14-19(20)22/h3-9,12-15,32H,10-11,37H2,1-2H3,(H,30,33)(H,31,34). The number of phenolic OH excluding ortho intramolecular Hbond substituents is 1. The molecule has 0 spiro atoms. The lowest BCUT2D eigenvalue weighted by atomic mass is 10.0. The second-order valence-corrected chi connectivity index (χ2v) is 9.68. The predicted octanol–water partition coefficient (Wildman–Crippen LogP) is 4.91. The first-order valence-electron chi connectivity index (χ1n) is 11.7. The smallest absolute Gasteiger partial charge is 0.240 e. The minimum Gasteiger partial charge on any atom is -0.504 e. The summed E-state index contributed by atoms with van der Waals surface area (Å²) < 4.78 is 11.3. The highest BCUT2D eigenvalue weighted by Crippen LogP contribution is 2.47. The Balaban J connectivity index is 1.30. The van der Waals surface area contributed by atoms with Crippen molar-refractivity contribution < 1.29 is 24.2 Å². The van der Waals surface area contributed by atoms with E-state index in [9.17, 15) is 14.7 Å². The molecular weight excluding hydrogens is 489 g/mol. The van der Waals surface area contributed by atoms with Crippen LogP contribution in [0.3, 0.4) is 0 Å². The molecule has 3 N–H and O–H groups in total. The summed E-state index contributed by atoms with van der Waals surface area (Å²) in [5, 5.41) is 17.3. The maximum atomic E-state index is 13.0. The van der Waals surface area contributed by atoms with Crippen LogP contribution in [0.25, 0.3) is 10.9 Å². The third-order valence-electron chi connectivity index (χ3n) is 6.42. The van der Waals surface area contributed by atoms with E-state index in [0.717, 1.165) is 5.56 Å². The molecule has 0 radical (unpaired) electrons. The van der Waals surface area contributed by atoms with Crippen LogP contribution in [-0.2, 0) is 9.59 Å². The van der Waals surface area contributed by atoms with Crippen LogP contribution >= 0.6 is 9.24 Å². The van der Waals surface area contributed by atoms with Gasteiger partial charge >= 0.3 is 0 Å². The zero-order valence-electron chi connectivity index (χ0n) is 20.4. The molecule has 1 aliphatic carbocycles. The average Bonchev–Trinajstić information content (AvgIpc) is 3.69. The van der Waals surface area contributed by atoms with Gasteiger partial charge in [0.05, 0.1) is 12.6 Å². The number of fused-ring (bicyclic) bond motifs is 1. The summed E-state index contributed by atoms with van der Waals surface area (Å²) in [6.07, 6.45) is 2.61. The first kappa shape index (κ1) is 24.5. The molecule has 1 aliphatic rings. The van der Waals surface area contributed by atoms with Crippen molar-refractivity contribution in [2.75, 3.05) is 17.7 Å². The Labute approximate surface area is 216 Å². The quantitative estimate of drug-likeness (QED) is 0.238. The first-order valence-corrected chi connectivity index (χ1v) is 12.3. The van der Waals surface area contributed by atoms with Gasteiger partial charge in [0.25, 0.3) is 0 Å². The van der Waals surface area contributed by atoms with Gasteiger partial charge in [0.15, 0.2) is 11.5 Å². The number of rotatable bonds is 7. The zero-order valence-corrected chi connectivity index (χ0v) is 21.5. The molecule has 2 amide bonds. The summed E-state index contributed by atoms with van der Waals surface area (Å²) in [4.78, 5) is 30.3. The minimum absolute atomic E-state index is 0.0163. The number of carbonyl (C=O) groups is 2. The number of ether oxygens (including phenoxy) is 2. The molecular formula is C28H26N3O5P. The molecule has 0 saturated heterocycles. The van der Waals surface area contributed by atoms with Gasteiger partial charge in [-0.2, -0.15) is 0 Å². The fraction of sp³-hybridized carbons (Fsp3) is 0.179. The number of carbonyl (C=O) groups excluding carboxylic acids is 2. The van der Waals surface area contributed by atoms with E-state index in [2.05, 4.69) is 24.9 Å². The largest absolute Gasteiger partial charge is 0.504 e. The van der Waals surface area contributed by atoms with E-state index in [1.807, 2.05) is 31.2 Å². The van der Waals surface area contributed by atoms with Crippen LogP contribution in [0.15, 0.2) is 66.9 Å². The summed E-state index contributed by atoms with van der Waals surface area (Å²) >= 11 is 0. The highest BCUT2D eigenvalue weighted by Gasteiger charge is 2.56. The van der Waals surface area contributed by atoms with E-state index < -0.39 is 5.41 Å². The number of aryl methyl sites for hydroxylation is 1. The van der Waals surface area contributed by atoms with Gasteiger partial charge in [-0.15, -0.1) is 9.24 Å². The third kappa shape index (κ3) is 4.93. The predicted molar refractivity (Wildman–Crippen MR) is 146 cm³/mol. The lowest BCUT2D eigenvalue weighted by Gasteiger charge is -2.17. The van der Waals surface area contributed by atoms with Gasteiger partial charge in [-0.05, 0) is 62.2 Å². The van der Waals surface area contributed by atoms with Crippen LogP contribution in [0.5, 0.6) is 23.0 Å². The Kier molecular flexibility index (Phi) is 6.44. The van der Waals surface area contributed by atoms with Crippen LogP contribution in [0, 0.1) is 12.3 Å². The Morgan fingerprint density at radius 2 is 1.59 bits per heavy atom. The molecule has 188 valence electrons. The second-order valence-electron chi connectivity index (χ2n) is 9.06. The molecule has 8 nitrogen and oxygen atoms in total.